The van der Waals surface area contributed by atoms with Gasteiger partial charge >= 0.3 is 0 Å². The summed E-state index contributed by atoms with van der Waals surface area (Å²) in [5.41, 5.74) is -0.694. The van der Waals surface area contributed by atoms with Crippen LogP contribution in [0.15, 0.2) is 17.1 Å². The minimum absolute atomic E-state index is 0.0946. The van der Waals surface area contributed by atoms with Crippen LogP contribution in [0.1, 0.15) is 47.1 Å². The Morgan fingerprint density at radius 3 is 2.29 bits per heavy atom. The fraction of sp³-hybridized carbons (Fsp3) is 0.529. The molecule has 114 valence electrons. The van der Waals surface area contributed by atoms with Crippen LogP contribution in [-0.4, -0.2) is 17.3 Å². The van der Waals surface area contributed by atoms with Crippen molar-refractivity contribution < 1.29 is 9.50 Å². The molecule has 0 aromatic heterocycles. The second-order valence-corrected chi connectivity index (χ2v) is 6.05. The summed E-state index contributed by atoms with van der Waals surface area (Å²) in [7, 11) is 0. The summed E-state index contributed by atoms with van der Waals surface area (Å²) in [6, 6.07) is 5.38. The van der Waals surface area contributed by atoms with Crippen LogP contribution in [-0.2, 0) is 5.41 Å². The van der Waals surface area contributed by atoms with Gasteiger partial charge in [0.05, 0.1) is 29.0 Å². The number of rotatable bonds is 3. The van der Waals surface area contributed by atoms with E-state index in [4.69, 9.17) is 5.26 Å². The van der Waals surface area contributed by atoms with E-state index in [2.05, 4.69) is 11.1 Å². The highest BCUT2D eigenvalue weighted by molar-refractivity contribution is 5.98. The Balaban J connectivity index is 0.00000106. The van der Waals surface area contributed by atoms with E-state index in [9.17, 15) is 9.50 Å². The smallest absolute Gasteiger partial charge is 0.133 e. The molecule has 0 atom stereocenters. The lowest BCUT2D eigenvalue weighted by Crippen LogP contribution is -2.23. The molecule has 0 aliphatic heterocycles. The fourth-order valence-electron chi connectivity index (χ4n) is 1.86. The molecule has 0 amide bonds. The molecule has 1 N–H and O–H groups in total. The first-order valence-electron chi connectivity index (χ1n) is 7.18. The standard InChI is InChI=1S/C15H17FN2O.C2H6/c1-14(2,7-17)9-5-10-12(11(16)6-9)13(10)18-15(3,4)8-19;1-2/h5-6,19H,8H2,1-4H3;1-2H3. The zero-order valence-electron chi connectivity index (χ0n) is 13.6. The number of aliphatic hydroxyl groups is 1. The van der Waals surface area contributed by atoms with Gasteiger partial charge in [0, 0.05) is 10.8 Å². The van der Waals surface area contributed by atoms with E-state index in [0.29, 0.717) is 16.3 Å². The van der Waals surface area contributed by atoms with Gasteiger partial charge in [-0.2, -0.15) is 5.26 Å². The SMILES string of the molecule is CC.CC(C)(CO)N=c1c2cc(C(C)(C)C#N)cc(F)c12. The monoisotopic (exact) mass is 290 g/mol. The van der Waals surface area contributed by atoms with Crippen molar-refractivity contribution in [3.05, 3.63) is 28.9 Å². The second-order valence-electron chi connectivity index (χ2n) is 6.05. The van der Waals surface area contributed by atoms with Gasteiger partial charge in [-0.1, -0.05) is 13.8 Å². The molecule has 0 saturated heterocycles. The molecule has 0 fully saturated rings. The number of aliphatic hydroxyl groups excluding tert-OH is 1. The minimum Gasteiger partial charge on any atom is -0.394 e. The molecular formula is C17H23FN2O. The van der Waals surface area contributed by atoms with Crippen LogP contribution in [0.4, 0.5) is 4.39 Å². The number of halogens is 1. The summed E-state index contributed by atoms with van der Waals surface area (Å²) in [6.07, 6.45) is 0. The molecular weight excluding hydrogens is 267 g/mol. The normalized spacial score (nSPS) is 13.2. The summed E-state index contributed by atoms with van der Waals surface area (Å²) < 4.78 is 14.0. The summed E-state index contributed by atoms with van der Waals surface area (Å²) in [5.74, 6) is -0.344. The van der Waals surface area contributed by atoms with Crippen LogP contribution in [0, 0.1) is 17.1 Å². The first-order valence-corrected chi connectivity index (χ1v) is 7.18. The van der Waals surface area contributed by atoms with Gasteiger partial charge < -0.3 is 5.11 Å². The van der Waals surface area contributed by atoms with Crippen molar-refractivity contribution in [1.29, 1.82) is 5.26 Å². The molecule has 0 aliphatic carbocycles. The number of fused-ring (bicyclic) bond motifs is 1. The van der Waals surface area contributed by atoms with Gasteiger partial charge in [0.2, 0.25) is 0 Å². The van der Waals surface area contributed by atoms with Crippen LogP contribution < -0.4 is 5.36 Å². The van der Waals surface area contributed by atoms with Crippen molar-refractivity contribution in [3.8, 4) is 6.07 Å². The molecule has 2 aromatic rings. The van der Waals surface area contributed by atoms with Gasteiger partial charge in [0.15, 0.2) is 0 Å². The van der Waals surface area contributed by atoms with Gasteiger partial charge in [0.25, 0.3) is 0 Å². The maximum atomic E-state index is 14.0. The average Bonchev–Trinajstić information content (AvgIpc) is 3.14. The highest BCUT2D eigenvalue weighted by Crippen LogP contribution is 2.29. The third kappa shape index (κ3) is 3.48. The summed E-state index contributed by atoms with van der Waals surface area (Å²) >= 11 is 0. The summed E-state index contributed by atoms with van der Waals surface area (Å²) in [6.45, 7) is 11.0. The molecule has 0 saturated carbocycles. The van der Waals surface area contributed by atoms with E-state index in [1.807, 2.05) is 19.9 Å². The highest BCUT2D eigenvalue weighted by atomic mass is 19.1. The molecule has 0 bridgehead atoms. The van der Waals surface area contributed by atoms with Gasteiger partial charge in [-0.25, -0.2) is 4.39 Å². The Kier molecular flexibility index (Phi) is 4.91. The predicted octanol–water partition coefficient (Wildman–Crippen LogP) is 3.35. The molecule has 2 aromatic carbocycles. The van der Waals surface area contributed by atoms with E-state index in [1.165, 1.54) is 6.07 Å². The van der Waals surface area contributed by atoms with Crippen LogP contribution in [0.3, 0.4) is 0 Å². The quantitative estimate of drug-likeness (QED) is 0.942. The molecule has 0 unspecified atom stereocenters. The first-order chi connectivity index (χ1) is 9.72. The molecule has 2 rings (SSSR count). The van der Waals surface area contributed by atoms with Crippen LogP contribution in [0.5, 0.6) is 0 Å². The predicted molar refractivity (Wildman–Crippen MR) is 83.0 cm³/mol. The zero-order valence-corrected chi connectivity index (χ0v) is 13.6. The molecule has 4 heteroatoms. The van der Waals surface area contributed by atoms with Crippen molar-refractivity contribution in [3.63, 3.8) is 0 Å². The van der Waals surface area contributed by atoms with Crippen molar-refractivity contribution in [2.45, 2.75) is 52.5 Å². The van der Waals surface area contributed by atoms with Gasteiger partial charge in [-0.3, -0.25) is 4.99 Å². The first kappa shape index (κ1) is 17.3. The topological polar surface area (TPSA) is 56.4 Å². The molecule has 0 heterocycles. The third-order valence-corrected chi connectivity index (χ3v) is 3.32. The molecule has 3 nitrogen and oxygen atoms in total. The van der Waals surface area contributed by atoms with Gasteiger partial charge in [-0.15, -0.1) is 0 Å². The van der Waals surface area contributed by atoms with Crippen LogP contribution >= 0.6 is 0 Å². The average molecular weight is 290 g/mol. The van der Waals surface area contributed by atoms with E-state index in [0.717, 1.165) is 5.39 Å². The maximum absolute atomic E-state index is 14.0. The Morgan fingerprint density at radius 1 is 1.24 bits per heavy atom. The number of nitriles is 1. The van der Waals surface area contributed by atoms with E-state index >= 15 is 0 Å². The Morgan fingerprint density at radius 2 is 1.81 bits per heavy atom. The third-order valence-electron chi connectivity index (χ3n) is 3.32. The molecule has 21 heavy (non-hydrogen) atoms. The van der Waals surface area contributed by atoms with Gasteiger partial charge in [-0.05, 0) is 45.4 Å². The van der Waals surface area contributed by atoms with Crippen LogP contribution in [0.25, 0.3) is 10.8 Å². The number of hydrogen-bond acceptors (Lipinski definition) is 3. The highest BCUT2D eigenvalue weighted by Gasteiger charge is 2.26. The molecule has 0 radical (unpaired) electrons. The van der Waals surface area contributed by atoms with Crippen molar-refractivity contribution in [2.24, 2.45) is 4.99 Å². The zero-order chi connectivity index (χ0) is 16.4. The summed E-state index contributed by atoms with van der Waals surface area (Å²) in [4.78, 5) is 4.36. The lowest BCUT2D eigenvalue weighted by molar-refractivity contribution is 0.220. The van der Waals surface area contributed by atoms with E-state index < -0.39 is 11.0 Å². The summed E-state index contributed by atoms with van der Waals surface area (Å²) in [5, 5.41) is 20.2. The number of nitrogens with zero attached hydrogens (tertiary/aromatic N) is 2. The Hall–Kier alpha value is -1.73. The molecule has 0 aliphatic rings. The molecule has 0 spiro atoms. The fourth-order valence-corrected chi connectivity index (χ4v) is 1.86. The minimum atomic E-state index is -0.726. The Labute approximate surface area is 125 Å². The van der Waals surface area contributed by atoms with Crippen molar-refractivity contribution >= 4 is 10.8 Å². The largest absolute Gasteiger partial charge is 0.394 e. The lowest BCUT2D eigenvalue weighted by atomic mass is 9.86. The number of hydrogen-bond donors (Lipinski definition) is 1. The lowest BCUT2D eigenvalue weighted by Gasteiger charge is -2.14. The number of benzene rings is 1. The Bertz CT molecular complexity index is 698. The van der Waals surface area contributed by atoms with Gasteiger partial charge in [0.1, 0.15) is 5.82 Å². The second kappa shape index (κ2) is 5.95. The van der Waals surface area contributed by atoms with E-state index in [-0.39, 0.29) is 12.4 Å². The van der Waals surface area contributed by atoms with E-state index in [1.54, 1.807) is 27.7 Å². The van der Waals surface area contributed by atoms with Crippen LogP contribution in [0.2, 0.25) is 0 Å². The van der Waals surface area contributed by atoms with Crippen molar-refractivity contribution in [1.82, 2.24) is 0 Å². The van der Waals surface area contributed by atoms with Crippen molar-refractivity contribution in [2.75, 3.05) is 6.61 Å². The maximum Gasteiger partial charge on any atom is 0.133 e.